The van der Waals surface area contributed by atoms with Crippen LogP contribution < -0.4 is 4.90 Å². The molecule has 3 heteroatoms. The van der Waals surface area contributed by atoms with Crippen LogP contribution in [0.15, 0.2) is 18.2 Å². The average Bonchev–Trinajstić information content (AvgIpc) is 2.93. The summed E-state index contributed by atoms with van der Waals surface area (Å²) in [6.45, 7) is 5.18. The molecule has 2 rings (SSSR count). The molecule has 2 atom stereocenters. The van der Waals surface area contributed by atoms with Gasteiger partial charge in [0.05, 0.1) is 11.3 Å². The van der Waals surface area contributed by atoms with Gasteiger partial charge in [0.15, 0.2) is 0 Å². The maximum atomic E-state index is 11.2. The molecule has 0 heterocycles. The third kappa shape index (κ3) is 2.60. The molecule has 1 aliphatic carbocycles. The molecule has 2 unspecified atom stereocenters. The SMILES string of the molecule is Cc1ccc(C(=O)O)c(N(C)CC2CC2C)c1. The third-order valence-electron chi connectivity index (χ3n) is 3.58. The number of anilines is 1. The largest absolute Gasteiger partial charge is 0.478 e. The highest BCUT2D eigenvalue weighted by atomic mass is 16.4. The van der Waals surface area contributed by atoms with Crippen molar-refractivity contribution in [2.24, 2.45) is 11.8 Å². The van der Waals surface area contributed by atoms with E-state index < -0.39 is 5.97 Å². The lowest BCUT2D eigenvalue weighted by molar-refractivity contribution is 0.0697. The number of rotatable bonds is 4. The minimum absolute atomic E-state index is 0.395. The van der Waals surface area contributed by atoms with Crippen molar-refractivity contribution in [2.45, 2.75) is 20.3 Å². The summed E-state index contributed by atoms with van der Waals surface area (Å²) in [4.78, 5) is 13.3. The molecule has 0 radical (unpaired) electrons. The normalized spacial score (nSPS) is 22.3. The monoisotopic (exact) mass is 233 g/mol. The average molecular weight is 233 g/mol. The first-order valence-electron chi connectivity index (χ1n) is 6.04. The summed E-state index contributed by atoms with van der Waals surface area (Å²) in [6.07, 6.45) is 1.26. The first-order valence-corrected chi connectivity index (χ1v) is 6.04. The number of carboxylic acids is 1. The lowest BCUT2D eigenvalue weighted by Gasteiger charge is -2.21. The van der Waals surface area contributed by atoms with Gasteiger partial charge in [-0.3, -0.25) is 0 Å². The van der Waals surface area contributed by atoms with E-state index in [4.69, 9.17) is 0 Å². The molecule has 1 aliphatic rings. The van der Waals surface area contributed by atoms with E-state index in [1.807, 2.05) is 26.1 Å². The number of aromatic carboxylic acids is 1. The zero-order chi connectivity index (χ0) is 12.6. The van der Waals surface area contributed by atoms with Gasteiger partial charge in [-0.2, -0.15) is 0 Å². The Morgan fingerprint density at radius 1 is 1.53 bits per heavy atom. The fourth-order valence-electron chi connectivity index (χ4n) is 2.24. The Morgan fingerprint density at radius 3 is 2.71 bits per heavy atom. The molecule has 1 fully saturated rings. The predicted octanol–water partition coefficient (Wildman–Crippen LogP) is 2.79. The lowest BCUT2D eigenvalue weighted by atomic mass is 10.1. The standard InChI is InChI=1S/C14H19NO2/c1-9-4-5-12(14(16)17)13(6-9)15(3)8-11-7-10(11)2/h4-6,10-11H,7-8H2,1-3H3,(H,16,17). The number of carbonyl (C=O) groups is 1. The van der Waals surface area contributed by atoms with E-state index in [2.05, 4.69) is 11.8 Å². The maximum Gasteiger partial charge on any atom is 0.337 e. The van der Waals surface area contributed by atoms with Crippen molar-refractivity contribution in [1.82, 2.24) is 0 Å². The summed E-state index contributed by atoms with van der Waals surface area (Å²) in [7, 11) is 1.98. The summed E-state index contributed by atoms with van der Waals surface area (Å²) in [5, 5.41) is 9.18. The van der Waals surface area contributed by atoms with Gasteiger partial charge in [-0.1, -0.05) is 13.0 Å². The number of aryl methyl sites for hydroxylation is 1. The molecular weight excluding hydrogens is 214 g/mol. The van der Waals surface area contributed by atoms with Crippen LogP contribution in [-0.4, -0.2) is 24.7 Å². The van der Waals surface area contributed by atoms with Gasteiger partial charge in [-0.25, -0.2) is 4.79 Å². The number of hydrogen-bond donors (Lipinski definition) is 1. The number of benzene rings is 1. The van der Waals surface area contributed by atoms with Crippen LogP contribution in [-0.2, 0) is 0 Å². The first kappa shape index (κ1) is 12.0. The molecule has 0 aliphatic heterocycles. The van der Waals surface area contributed by atoms with Crippen molar-refractivity contribution >= 4 is 11.7 Å². The topological polar surface area (TPSA) is 40.5 Å². The summed E-state index contributed by atoms with van der Waals surface area (Å²) < 4.78 is 0. The van der Waals surface area contributed by atoms with Gasteiger partial charge in [0, 0.05) is 13.6 Å². The van der Waals surface area contributed by atoms with Crippen molar-refractivity contribution in [1.29, 1.82) is 0 Å². The van der Waals surface area contributed by atoms with Gasteiger partial charge in [-0.05, 0) is 42.9 Å². The molecule has 0 aromatic heterocycles. The lowest BCUT2D eigenvalue weighted by Crippen LogP contribution is -2.23. The van der Waals surface area contributed by atoms with Crippen LogP contribution in [0.25, 0.3) is 0 Å². The van der Waals surface area contributed by atoms with Gasteiger partial charge >= 0.3 is 5.97 Å². The van der Waals surface area contributed by atoms with E-state index in [9.17, 15) is 9.90 Å². The molecule has 1 aromatic carbocycles. The molecule has 1 aromatic rings. The van der Waals surface area contributed by atoms with Crippen molar-refractivity contribution in [3.05, 3.63) is 29.3 Å². The van der Waals surface area contributed by atoms with E-state index in [0.29, 0.717) is 5.56 Å². The van der Waals surface area contributed by atoms with Crippen molar-refractivity contribution in [2.75, 3.05) is 18.5 Å². The predicted molar refractivity (Wildman–Crippen MR) is 68.7 cm³/mol. The Bertz CT molecular complexity index is 442. The van der Waals surface area contributed by atoms with Crippen LogP contribution in [0.4, 0.5) is 5.69 Å². The second-order valence-electron chi connectivity index (χ2n) is 5.18. The van der Waals surface area contributed by atoms with Crippen LogP contribution >= 0.6 is 0 Å². The fourth-order valence-corrected chi connectivity index (χ4v) is 2.24. The summed E-state index contributed by atoms with van der Waals surface area (Å²) in [5.74, 6) is 0.661. The van der Waals surface area contributed by atoms with Gasteiger partial charge in [0.2, 0.25) is 0 Å². The molecule has 92 valence electrons. The minimum Gasteiger partial charge on any atom is -0.478 e. The van der Waals surface area contributed by atoms with E-state index in [1.54, 1.807) is 6.07 Å². The molecule has 0 saturated heterocycles. The molecular formula is C14H19NO2. The smallest absolute Gasteiger partial charge is 0.337 e. The molecule has 0 amide bonds. The quantitative estimate of drug-likeness (QED) is 0.869. The van der Waals surface area contributed by atoms with Crippen molar-refractivity contribution < 1.29 is 9.90 Å². The Balaban J connectivity index is 2.22. The molecule has 3 nitrogen and oxygen atoms in total. The van der Waals surface area contributed by atoms with E-state index in [1.165, 1.54) is 6.42 Å². The van der Waals surface area contributed by atoms with E-state index in [0.717, 1.165) is 29.6 Å². The van der Waals surface area contributed by atoms with Crippen molar-refractivity contribution in [3.8, 4) is 0 Å². The van der Waals surface area contributed by atoms with Gasteiger partial charge < -0.3 is 10.0 Å². The Morgan fingerprint density at radius 2 is 2.18 bits per heavy atom. The van der Waals surface area contributed by atoms with Crippen LogP contribution in [0, 0.1) is 18.8 Å². The Kier molecular flexibility index (Phi) is 3.09. The molecule has 0 bridgehead atoms. The van der Waals surface area contributed by atoms with E-state index >= 15 is 0 Å². The van der Waals surface area contributed by atoms with Crippen LogP contribution in [0.1, 0.15) is 29.3 Å². The number of carboxylic acid groups (broad SMARTS) is 1. The molecule has 17 heavy (non-hydrogen) atoms. The summed E-state index contributed by atoms with van der Waals surface area (Å²) in [6, 6.07) is 5.50. The Hall–Kier alpha value is -1.51. The summed E-state index contributed by atoms with van der Waals surface area (Å²) >= 11 is 0. The molecule has 1 N–H and O–H groups in total. The highest BCUT2D eigenvalue weighted by Crippen LogP contribution is 2.39. The van der Waals surface area contributed by atoms with Gasteiger partial charge in [-0.15, -0.1) is 0 Å². The highest BCUT2D eigenvalue weighted by Gasteiger charge is 2.33. The molecule has 1 saturated carbocycles. The molecule has 0 spiro atoms. The zero-order valence-electron chi connectivity index (χ0n) is 10.6. The van der Waals surface area contributed by atoms with Crippen LogP contribution in [0.2, 0.25) is 0 Å². The second-order valence-corrected chi connectivity index (χ2v) is 5.18. The van der Waals surface area contributed by atoms with Gasteiger partial charge in [0.1, 0.15) is 0 Å². The second kappa shape index (κ2) is 4.40. The summed E-state index contributed by atoms with van der Waals surface area (Å²) in [5.41, 5.74) is 2.32. The van der Waals surface area contributed by atoms with Crippen LogP contribution in [0.3, 0.4) is 0 Å². The Labute approximate surface area is 102 Å². The first-order chi connectivity index (χ1) is 7.99. The van der Waals surface area contributed by atoms with Crippen molar-refractivity contribution in [3.63, 3.8) is 0 Å². The number of nitrogens with zero attached hydrogens (tertiary/aromatic N) is 1. The van der Waals surface area contributed by atoms with Gasteiger partial charge in [0.25, 0.3) is 0 Å². The number of hydrogen-bond acceptors (Lipinski definition) is 2. The van der Waals surface area contributed by atoms with E-state index in [-0.39, 0.29) is 0 Å². The third-order valence-corrected chi connectivity index (χ3v) is 3.58. The van der Waals surface area contributed by atoms with Crippen LogP contribution in [0.5, 0.6) is 0 Å². The zero-order valence-corrected chi connectivity index (χ0v) is 10.6. The highest BCUT2D eigenvalue weighted by molar-refractivity contribution is 5.94. The fraction of sp³-hybridized carbons (Fsp3) is 0.500. The minimum atomic E-state index is -0.851. The maximum absolute atomic E-state index is 11.2.